The Morgan fingerprint density at radius 1 is 1.45 bits per heavy atom. The van der Waals surface area contributed by atoms with Gasteiger partial charge in [0.1, 0.15) is 5.01 Å². The summed E-state index contributed by atoms with van der Waals surface area (Å²) in [7, 11) is 2.17. The molecular formula is C15H25N3OS. The molecule has 0 saturated carbocycles. The van der Waals surface area contributed by atoms with Gasteiger partial charge in [0.25, 0.3) is 0 Å². The van der Waals surface area contributed by atoms with Gasteiger partial charge in [0, 0.05) is 17.3 Å². The maximum atomic E-state index is 11.9. The summed E-state index contributed by atoms with van der Waals surface area (Å²) in [6, 6.07) is 0.582. The van der Waals surface area contributed by atoms with Crippen molar-refractivity contribution < 1.29 is 4.79 Å². The average Bonchev–Trinajstić information content (AvgIpc) is 2.75. The van der Waals surface area contributed by atoms with E-state index >= 15 is 0 Å². The first-order valence-corrected chi connectivity index (χ1v) is 8.27. The molecule has 4 nitrogen and oxygen atoms in total. The lowest BCUT2D eigenvalue weighted by Crippen LogP contribution is -2.37. The van der Waals surface area contributed by atoms with Crippen LogP contribution in [0.1, 0.15) is 47.7 Å². The Balaban J connectivity index is 1.70. The number of hydrogen-bond acceptors (Lipinski definition) is 4. The number of hydrogen-bond donors (Lipinski definition) is 1. The molecule has 1 amide bonds. The number of nitrogens with zero attached hydrogens (tertiary/aromatic N) is 2. The molecule has 1 aromatic rings. The summed E-state index contributed by atoms with van der Waals surface area (Å²) in [4.78, 5) is 20.0. The molecule has 2 heterocycles. The summed E-state index contributed by atoms with van der Waals surface area (Å²) in [6.45, 7) is 5.82. The number of rotatable bonds is 5. The fourth-order valence-electron chi connectivity index (χ4n) is 2.68. The number of thiazole rings is 1. The van der Waals surface area contributed by atoms with Crippen LogP contribution in [0.5, 0.6) is 0 Å². The van der Waals surface area contributed by atoms with E-state index in [-0.39, 0.29) is 5.91 Å². The number of likely N-dealkylation sites (tertiary alicyclic amines) is 1. The first-order chi connectivity index (χ1) is 9.56. The molecule has 1 aliphatic rings. The SMILES string of the molecule is Cc1nc(CNC(=O)CC[C@@H]2CCCCN2C)sc1C. The van der Waals surface area contributed by atoms with Crippen LogP contribution in [0.2, 0.25) is 0 Å². The first kappa shape index (κ1) is 15.4. The molecule has 1 fully saturated rings. The predicted molar refractivity (Wildman–Crippen MR) is 82.9 cm³/mol. The molecule has 0 radical (unpaired) electrons. The van der Waals surface area contributed by atoms with Crippen LogP contribution >= 0.6 is 11.3 Å². The van der Waals surface area contributed by atoms with Crippen LogP contribution in [0, 0.1) is 13.8 Å². The Labute approximate surface area is 125 Å². The van der Waals surface area contributed by atoms with Gasteiger partial charge in [-0.05, 0) is 46.7 Å². The summed E-state index contributed by atoms with van der Waals surface area (Å²) in [5.41, 5.74) is 1.07. The molecule has 0 unspecified atom stereocenters. The Kier molecular flexibility index (Phi) is 5.54. The van der Waals surface area contributed by atoms with E-state index in [1.807, 2.05) is 6.92 Å². The highest BCUT2D eigenvalue weighted by Crippen LogP contribution is 2.19. The van der Waals surface area contributed by atoms with Crippen molar-refractivity contribution in [2.75, 3.05) is 13.6 Å². The molecule has 0 bridgehead atoms. The van der Waals surface area contributed by atoms with Gasteiger partial charge < -0.3 is 10.2 Å². The number of carbonyl (C=O) groups is 1. The fourth-order valence-corrected chi connectivity index (χ4v) is 3.56. The maximum absolute atomic E-state index is 11.9. The zero-order valence-corrected chi connectivity index (χ0v) is 13.6. The Hall–Kier alpha value is -0.940. The topological polar surface area (TPSA) is 45.2 Å². The largest absolute Gasteiger partial charge is 0.350 e. The Bertz CT molecular complexity index is 438. The number of nitrogens with one attached hydrogen (secondary N) is 1. The second-order valence-corrected chi connectivity index (χ2v) is 6.98. The zero-order chi connectivity index (χ0) is 14.5. The van der Waals surface area contributed by atoms with Crippen LogP contribution < -0.4 is 5.32 Å². The van der Waals surface area contributed by atoms with E-state index in [0.717, 1.165) is 17.1 Å². The minimum atomic E-state index is 0.148. The maximum Gasteiger partial charge on any atom is 0.220 e. The zero-order valence-electron chi connectivity index (χ0n) is 12.7. The van der Waals surface area contributed by atoms with Gasteiger partial charge >= 0.3 is 0 Å². The third-order valence-corrected chi connectivity index (χ3v) is 5.21. The van der Waals surface area contributed by atoms with Crippen LogP contribution in [0.3, 0.4) is 0 Å². The highest BCUT2D eigenvalue weighted by molar-refractivity contribution is 7.11. The highest BCUT2D eigenvalue weighted by Gasteiger charge is 2.19. The predicted octanol–water partition coefficient (Wildman–Crippen LogP) is 2.64. The lowest BCUT2D eigenvalue weighted by molar-refractivity contribution is -0.121. The Morgan fingerprint density at radius 2 is 2.25 bits per heavy atom. The summed E-state index contributed by atoms with van der Waals surface area (Å²) < 4.78 is 0. The van der Waals surface area contributed by atoms with E-state index in [0.29, 0.717) is 19.0 Å². The average molecular weight is 295 g/mol. The quantitative estimate of drug-likeness (QED) is 0.908. The first-order valence-electron chi connectivity index (χ1n) is 7.46. The van der Waals surface area contributed by atoms with E-state index in [4.69, 9.17) is 0 Å². The van der Waals surface area contributed by atoms with Gasteiger partial charge in [-0.25, -0.2) is 4.98 Å². The Morgan fingerprint density at radius 3 is 2.90 bits per heavy atom. The van der Waals surface area contributed by atoms with Crippen LogP contribution in [-0.4, -0.2) is 35.4 Å². The van der Waals surface area contributed by atoms with Crippen molar-refractivity contribution >= 4 is 17.2 Å². The van der Waals surface area contributed by atoms with Crippen molar-refractivity contribution in [2.45, 2.75) is 58.5 Å². The number of aryl methyl sites for hydroxylation is 2. The van der Waals surface area contributed by atoms with E-state index in [1.54, 1.807) is 11.3 Å². The van der Waals surface area contributed by atoms with Crippen molar-refractivity contribution in [1.82, 2.24) is 15.2 Å². The van der Waals surface area contributed by atoms with Gasteiger partial charge in [-0.3, -0.25) is 4.79 Å². The van der Waals surface area contributed by atoms with Gasteiger partial charge in [0.2, 0.25) is 5.91 Å². The number of aromatic nitrogens is 1. The summed E-state index contributed by atoms with van der Waals surface area (Å²) >= 11 is 1.67. The minimum Gasteiger partial charge on any atom is -0.350 e. The molecule has 112 valence electrons. The van der Waals surface area contributed by atoms with Crippen LogP contribution in [0.25, 0.3) is 0 Å². The van der Waals surface area contributed by atoms with Gasteiger partial charge in [-0.2, -0.15) is 0 Å². The fraction of sp³-hybridized carbons (Fsp3) is 0.733. The molecule has 20 heavy (non-hydrogen) atoms. The van der Waals surface area contributed by atoms with Crippen LogP contribution in [0.4, 0.5) is 0 Å². The second-order valence-electron chi connectivity index (χ2n) is 5.69. The van der Waals surface area contributed by atoms with Crippen molar-refractivity contribution in [1.29, 1.82) is 0 Å². The van der Waals surface area contributed by atoms with Crippen LogP contribution in [-0.2, 0) is 11.3 Å². The molecule has 5 heteroatoms. The molecule has 2 rings (SSSR count). The molecule has 1 N–H and O–H groups in total. The molecule has 0 spiro atoms. The monoisotopic (exact) mass is 295 g/mol. The molecule has 1 saturated heterocycles. The molecule has 0 aliphatic carbocycles. The van der Waals surface area contributed by atoms with Crippen molar-refractivity contribution in [3.05, 3.63) is 15.6 Å². The molecule has 1 aromatic heterocycles. The standard InChI is InChI=1S/C15H25N3OS/c1-11-12(2)20-15(17-11)10-16-14(19)8-7-13-6-4-5-9-18(13)3/h13H,4-10H2,1-3H3,(H,16,19)/t13-/m0/s1. The summed E-state index contributed by atoms with van der Waals surface area (Å²) in [5.74, 6) is 0.148. The third-order valence-electron chi connectivity index (χ3n) is 4.14. The van der Waals surface area contributed by atoms with E-state index in [2.05, 4.69) is 29.2 Å². The normalized spacial score (nSPS) is 20.1. The lowest BCUT2D eigenvalue weighted by atomic mass is 9.98. The van der Waals surface area contributed by atoms with E-state index < -0.39 is 0 Å². The highest BCUT2D eigenvalue weighted by atomic mass is 32.1. The van der Waals surface area contributed by atoms with Crippen molar-refractivity contribution in [2.24, 2.45) is 0 Å². The van der Waals surface area contributed by atoms with E-state index in [9.17, 15) is 4.79 Å². The van der Waals surface area contributed by atoms with Gasteiger partial charge in [-0.1, -0.05) is 6.42 Å². The number of amides is 1. The number of carbonyl (C=O) groups excluding carboxylic acids is 1. The summed E-state index contributed by atoms with van der Waals surface area (Å²) in [6.07, 6.45) is 5.42. The summed E-state index contributed by atoms with van der Waals surface area (Å²) in [5, 5.41) is 3.99. The van der Waals surface area contributed by atoms with Crippen molar-refractivity contribution in [3.63, 3.8) is 0 Å². The van der Waals surface area contributed by atoms with E-state index in [1.165, 1.54) is 30.7 Å². The molecule has 0 aromatic carbocycles. The van der Waals surface area contributed by atoms with Gasteiger partial charge in [-0.15, -0.1) is 11.3 Å². The lowest BCUT2D eigenvalue weighted by Gasteiger charge is -2.32. The van der Waals surface area contributed by atoms with Gasteiger partial charge in [0.05, 0.1) is 12.2 Å². The number of piperidine rings is 1. The second kappa shape index (κ2) is 7.18. The minimum absolute atomic E-state index is 0.148. The molecular weight excluding hydrogens is 270 g/mol. The van der Waals surface area contributed by atoms with Crippen molar-refractivity contribution in [3.8, 4) is 0 Å². The molecule has 1 atom stereocenters. The third kappa shape index (κ3) is 4.28. The molecule has 1 aliphatic heterocycles. The smallest absolute Gasteiger partial charge is 0.220 e. The van der Waals surface area contributed by atoms with Gasteiger partial charge in [0.15, 0.2) is 0 Å². The van der Waals surface area contributed by atoms with Crippen LogP contribution in [0.15, 0.2) is 0 Å².